The van der Waals surface area contributed by atoms with Crippen LogP contribution in [0.2, 0.25) is 0 Å². The van der Waals surface area contributed by atoms with E-state index in [0.717, 1.165) is 25.9 Å². The fourth-order valence-electron chi connectivity index (χ4n) is 3.10. The highest BCUT2D eigenvalue weighted by atomic mass is 16.4. The first-order valence-corrected chi connectivity index (χ1v) is 7.29. The average Bonchev–Trinajstić information content (AvgIpc) is 2.84. The maximum atomic E-state index is 11.4. The number of aliphatic carboxylic acids is 1. The van der Waals surface area contributed by atoms with Gasteiger partial charge in [0.15, 0.2) is 0 Å². The van der Waals surface area contributed by atoms with Gasteiger partial charge < -0.3 is 5.11 Å². The van der Waals surface area contributed by atoms with Crippen molar-refractivity contribution in [1.29, 1.82) is 0 Å². The minimum atomic E-state index is -0.697. The van der Waals surface area contributed by atoms with Crippen LogP contribution in [-0.2, 0) is 11.8 Å². The summed E-state index contributed by atoms with van der Waals surface area (Å²) in [6.45, 7) is 7.73. The van der Waals surface area contributed by atoms with E-state index in [1.807, 2.05) is 37.8 Å². The number of piperidine rings is 1. The van der Waals surface area contributed by atoms with Crippen molar-refractivity contribution >= 4 is 5.97 Å². The molecule has 0 aromatic carbocycles. The van der Waals surface area contributed by atoms with Gasteiger partial charge in [0, 0.05) is 25.8 Å². The van der Waals surface area contributed by atoms with Gasteiger partial charge in [-0.05, 0) is 52.1 Å². The summed E-state index contributed by atoms with van der Waals surface area (Å²) in [5.74, 6) is -0.498. The first-order valence-electron chi connectivity index (χ1n) is 7.29. The lowest BCUT2D eigenvalue weighted by Crippen LogP contribution is -2.45. The van der Waals surface area contributed by atoms with Crippen molar-refractivity contribution in [3.05, 3.63) is 18.0 Å². The summed E-state index contributed by atoms with van der Waals surface area (Å²) in [7, 11) is 1.95. The molecule has 0 radical (unpaired) electrons. The molecule has 1 N–H and O–H groups in total. The molecule has 1 saturated heterocycles. The van der Waals surface area contributed by atoms with Crippen molar-refractivity contribution in [3.8, 4) is 0 Å². The molecule has 2 heterocycles. The molecule has 2 atom stereocenters. The Morgan fingerprint density at radius 3 is 2.80 bits per heavy atom. The molecule has 1 aromatic rings. The average molecular weight is 279 g/mol. The van der Waals surface area contributed by atoms with Crippen LogP contribution < -0.4 is 0 Å². The second-order valence-electron chi connectivity index (χ2n) is 6.42. The molecule has 0 bridgehead atoms. The Labute approximate surface area is 120 Å². The van der Waals surface area contributed by atoms with Gasteiger partial charge in [-0.1, -0.05) is 0 Å². The summed E-state index contributed by atoms with van der Waals surface area (Å²) in [4.78, 5) is 13.8. The van der Waals surface area contributed by atoms with Crippen molar-refractivity contribution in [1.82, 2.24) is 14.7 Å². The van der Waals surface area contributed by atoms with Crippen LogP contribution in [0.5, 0.6) is 0 Å². The molecule has 20 heavy (non-hydrogen) atoms. The Morgan fingerprint density at radius 1 is 1.55 bits per heavy atom. The van der Waals surface area contributed by atoms with Gasteiger partial charge in [0.05, 0.1) is 11.1 Å². The van der Waals surface area contributed by atoms with Crippen LogP contribution in [0.4, 0.5) is 0 Å². The topological polar surface area (TPSA) is 58.4 Å². The van der Waals surface area contributed by atoms with Crippen molar-refractivity contribution < 1.29 is 9.90 Å². The number of hydrogen-bond acceptors (Lipinski definition) is 3. The minimum absolute atomic E-state index is 0.199. The zero-order valence-corrected chi connectivity index (χ0v) is 12.8. The van der Waals surface area contributed by atoms with Gasteiger partial charge in [0.25, 0.3) is 0 Å². The molecule has 5 heteroatoms. The summed E-state index contributed by atoms with van der Waals surface area (Å²) in [6.07, 6.45) is 3.87. The molecule has 1 aliphatic heterocycles. The normalized spacial score (nSPS) is 22.7. The summed E-state index contributed by atoms with van der Waals surface area (Å²) >= 11 is 0. The van der Waals surface area contributed by atoms with Gasteiger partial charge in [0.1, 0.15) is 0 Å². The third kappa shape index (κ3) is 2.73. The van der Waals surface area contributed by atoms with E-state index >= 15 is 0 Å². The van der Waals surface area contributed by atoms with E-state index in [1.165, 1.54) is 5.69 Å². The van der Waals surface area contributed by atoms with Crippen LogP contribution in [-0.4, -0.2) is 38.8 Å². The lowest BCUT2D eigenvalue weighted by atomic mass is 9.74. The fraction of sp³-hybridized carbons (Fsp3) is 0.733. The van der Waals surface area contributed by atoms with Crippen LogP contribution in [0.3, 0.4) is 0 Å². The molecule has 0 amide bonds. The predicted molar refractivity (Wildman–Crippen MR) is 77.3 cm³/mol. The van der Waals surface area contributed by atoms with Crippen molar-refractivity contribution in [2.45, 2.75) is 39.7 Å². The summed E-state index contributed by atoms with van der Waals surface area (Å²) in [6, 6.07) is 2.31. The van der Waals surface area contributed by atoms with E-state index in [-0.39, 0.29) is 12.0 Å². The van der Waals surface area contributed by atoms with Crippen LogP contribution in [0.15, 0.2) is 12.3 Å². The highest BCUT2D eigenvalue weighted by Crippen LogP contribution is 2.36. The summed E-state index contributed by atoms with van der Waals surface area (Å²) in [5.41, 5.74) is 0.518. The Morgan fingerprint density at radius 2 is 2.25 bits per heavy atom. The van der Waals surface area contributed by atoms with Crippen LogP contribution in [0.1, 0.15) is 45.3 Å². The van der Waals surface area contributed by atoms with E-state index in [4.69, 9.17) is 0 Å². The lowest BCUT2D eigenvalue weighted by Gasteiger charge is -2.41. The smallest absolute Gasteiger partial charge is 0.309 e. The van der Waals surface area contributed by atoms with Crippen LogP contribution in [0, 0.1) is 11.3 Å². The number of carboxylic acids is 1. The number of carboxylic acid groups (broad SMARTS) is 1. The molecule has 2 rings (SSSR count). The fourth-order valence-corrected chi connectivity index (χ4v) is 3.10. The van der Waals surface area contributed by atoms with E-state index in [9.17, 15) is 9.90 Å². The van der Waals surface area contributed by atoms with Gasteiger partial charge >= 0.3 is 5.97 Å². The highest BCUT2D eigenvalue weighted by Gasteiger charge is 2.40. The van der Waals surface area contributed by atoms with E-state index in [1.54, 1.807) is 0 Å². The highest BCUT2D eigenvalue weighted by molar-refractivity contribution is 5.74. The SMILES string of the molecule is CC(c1ccnn1C)N1CCCC(C(C)(C)C(=O)O)C1. The molecular weight excluding hydrogens is 254 g/mol. The van der Waals surface area contributed by atoms with Gasteiger partial charge in [-0.3, -0.25) is 14.4 Å². The first kappa shape index (κ1) is 15.0. The van der Waals surface area contributed by atoms with Crippen molar-refractivity contribution in [3.63, 3.8) is 0 Å². The molecule has 0 saturated carbocycles. The standard InChI is InChI=1S/C15H25N3O2/c1-11(13-7-8-16-17(13)4)18-9-5-6-12(10-18)15(2,3)14(19)20/h7-8,11-12H,5-6,9-10H2,1-4H3,(H,19,20). The van der Waals surface area contributed by atoms with Crippen molar-refractivity contribution in [2.75, 3.05) is 13.1 Å². The number of aromatic nitrogens is 2. The molecule has 0 spiro atoms. The third-order valence-electron chi connectivity index (χ3n) is 4.86. The van der Waals surface area contributed by atoms with Crippen LogP contribution >= 0.6 is 0 Å². The largest absolute Gasteiger partial charge is 0.481 e. The Hall–Kier alpha value is -1.36. The summed E-state index contributed by atoms with van der Waals surface area (Å²) in [5, 5.41) is 13.6. The molecule has 5 nitrogen and oxygen atoms in total. The Kier molecular flexibility index (Phi) is 4.18. The lowest BCUT2D eigenvalue weighted by molar-refractivity contribution is -0.151. The number of aryl methyl sites for hydroxylation is 1. The van der Waals surface area contributed by atoms with E-state index in [0.29, 0.717) is 0 Å². The number of likely N-dealkylation sites (tertiary alicyclic amines) is 1. The molecule has 1 fully saturated rings. The van der Waals surface area contributed by atoms with Gasteiger partial charge in [-0.25, -0.2) is 0 Å². The zero-order chi connectivity index (χ0) is 14.9. The summed E-state index contributed by atoms with van der Waals surface area (Å²) < 4.78 is 1.90. The molecular formula is C15H25N3O2. The second kappa shape index (κ2) is 5.56. The quantitative estimate of drug-likeness (QED) is 0.919. The molecule has 1 aromatic heterocycles. The second-order valence-corrected chi connectivity index (χ2v) is 6.42. The Bertz CT molecular complexity index is 481. The number of hydrogen-bond donors (Lipinski definition) is 1. The van der Waals surface area contributed by atoms with Crippen LogP contribution in [0.25, 0.3) is 0 Å². The maximum absolute atomic E-state index is 11.4. The maximum Gasteiger partial charge on any atom is 0.309 e. The van der Waals surface area contributed by atoms with E-state index in [2.05, 4.69) is 16.9 Å². The predicted octanol–water partition coefficient (Wildman–Crippen LogP) is 2.30. The third-order valence-corrected chi connectivity index (χ3v) is 4.86. The van der Waals surface area contributed by atoms with Crippen molar-refractivity contribution in [2.24, 2.45) is 18.4 Å². The zero-order valence-electron chi connectivity index (χ0n) is 12.8. The number of nitrogens with zero attached hydrogens (tertiary/aromatic N) is 3. The van der Waals surface area contributed by atoms with Gasteiger partial charge in [-0.15, -0.1) is 0 Å². The Balaban J connectivity index is 2.11. The monoisotopic (exact) mass is 279 g/mol. The number of carbonyl (C=O) groups is 1. The molecule has 2 unspecified atom stereocenters. The molecule has 0 aliphatic carbocycles. The number of rotatable bonds is 4. The molecule has 112 valence electrons. The van der Waals surface area contributed by atoms with E-state index < -0.39 is 11.4 Å². The van der Waals surface area contributed by atoms with Gasteiger partial charge in [0.2, 0.25) is 0 Å². The van der Waals surface area contributed by atoms with Gasteiger partial charge in [-0.2, -0.15) is 5.10 Å². The first-order chi connectivity index (χ1) is 9.34. The molecule has 1 aliphatic rings. The minimum Gasteiger partial charge on any atom is -0.481 e.